The minimum atomic E-state index is 0.620. The van der Waals surface area contributed by atoms with Crippen LogP contribution >= 0.6 is 11.3 Å². The van der Waals surface area contributed by atoms with Crippen LogP contribution in [0.4, 0.5) is 5.13 Å². The molecule has 0 aromatic carbocycles. The van der Waals surface area contributed by atoms with Crippen LogP contribution in [-0.4, -0.2) is 43.1 Å². The predicted molar refractivity (Wildman–Crippen MR) is 69.1 cm³/mol. The number of nitrogens with two attached hydrogens (primary N) is 1. The Kier molecular flexibility index (Phi) is 3.78. The van der Waals surface area contributed by atoms with E-state index in [1.165, 1.54) is 10.6 Å². The molecule has 0 saturated carbocycles. The summed E-state index contributed by atoms with van der Waals surface area (Å²) in [5.74, 6) is 0. The van der Waals surface area contributed by atoms with Crippen LogP contribution in [0.15, 0.2) is 0 Å². The fourth-order valence-electron chi connectivity index (χ4n) is 1.94. The number of likely N-dealkylation sites (N-methyl/N-ethyl adjacent to an activating group) is 1. The number of anilines is 1. The van der Waals surface area contributed by atoms with Crippen molar-refractivity contribution in [1.82, 2.24) is 9.88 Å². The number of hydrogen-bond donors (Lipinski definition) is 1. The molecule has 0 atom stereocenters. The topological polar surface area (TPSA) is 45.4 Å². The summed E-state index contributed by atoms with van der Waals surface area (Å²) in [4.78, 5) is 10.7. The summed E-state index contributed by atoms with van der Waals surface area (Å²) in [6.07, 6.45) is 0.983. The van der Waals surface area contributed by atoms with E-state index >= 15 is 0 Å². The number of nitrogens with zero attached hydrogens (tertiary/aromatic N) is 3. The molecule has 1 aliphatic heterocycles. The Hall–Kier alpha value is -0.650. The number of rotatable bonds is 3. The SMILES string of the molecule is CCc1nc(N2CCN(C)CC2)sc1CN. The van der Waals surface area contributed by atoms with Gasteiger partial charge in [0.05, 0.1) is 5.69 Å². The van der Waals surface area contributed by atoms with Crippen molar-refractivity contribution < 1.29 is 0 Å². The van der Waals surface area contributed by atoms with Gasteiger partial charge in [0.15, 0.2) is 5.13 Å². The first-order chi connectivity index (χ1) is 7.74. The van der Waals surface area contributed by atoms with Crippen molar-refractivity contribution in [2.24, 2.45) is 5.73 Å². The Morgan fingerprint density at radius 2 is 2.00 bits per heavy atom. The Balaban J connectivity index is 2.11. The van der Waals surface area contributed by atoms with Crippen molar-refractivity contribution in [3.05, 3.63) is 10.6 Å². The summed E-state index contributed by atoms with van der Waals surface area (Å²) in [6.45, 7) is 7.17. The second-order valence-corrected chi connectivity index (χ2v) is 5.28. The molecule has 0 spiro atoms. The van der Waals surface area contributed by atoms with Crippen molar-refractivity contribution >= 4 is 16.5 Å². The fraction of sp³-hybridized carbons (Fsp3) is 0.727. The van der Waals surface area contributed by atoms with E-state index in [0.29, 0.717) is 6.54 Å². The van der Waals surface area contributed by atoms with Gasteiger partial charge in [-0.15, -0.1) is 11.3 Å². The molecular weight excluding hydrogens is 220 g/mol. The van der Waals surface area contributed by atoms with Gasteiger partial charge < -0.3 is 15.5 Å². The summed E-state index contributed by atoms with van der Waals surface area (Å²) in [5, 5.41) is 1.16. The van der Waals surface area contributed by atoms with Gasteiger partial charge in [0.25, 0.3) is 0 Å². The highest BCUT2D eigenvalue weighted by Gasteiger charge is 2.18. The van der Waals surface area contributed by atoms with Crippen molar-refractivity contribution in [2.75, 3.05) is 38.1 Å². The molecule has 0 bridgehead atoms. The Labute approximate surface area is 101 Å². The van der Waals surface area contributed by atoms with Crippen LogP contribution in [0.2, 0.25) is 0 Å². The molecule has 2 N–H and O–H groups in total. The molecule has 1 aromatic rings. The largest absolute Gasteiger partial charge is 0.346 e. The molecule has 1 fully saturated rings. The van der Waals surface area contributed by atoms with Gasteiger partial charge in [-0.1, -0.05) is 6.92 Å². The molecule has 0 radical (unpaired) electrons. The smallest absolute Gasteiger partial charge is 0.185 e. The van der Waals surface area contributed by atoms with E-state index in [-0.39, 0.29) is 0 Å². The molecule has 0 aliphatic carbocycles. The first-order valence-corrected chi connectivity index (χ1v) is 6.68. The van der Waals surface area contributed by atoms with Crippen LogP contribution < -0.4 is 10.6 Å². The molecule has 4 nitrogen and oxygen atoms in total. The third kappa shape index (κ3) is 2.36. The molecule has 16 heavy (non-hydrogen) atoms. The summed E-state index contributed by atoms with van der Waals surface area (Å²) in [6, 6.07) is 0. The van der Waals surface area contributed by atoms with Gasteiger partial charge >= 0.3 is 0 Å². The molecular formula is C11H20N4S. The highest BCUT2D eigenvalue weighted by atomic mass is 32.1. The van der Waals surface area contributed by atoms with Crippen molar-refractivity contribution in [1.29, 1.82) is 0 Å². The monoisotopic (exact) mass is 240 g/mol. The standard InChI is InChI=1S/C11H20N4S/c1-3-9-10(8-12)16-11(13-9)15-6-4-14(2)5-7-15/h3-8,12H2,1-2H3. The molecule has 90 valence electrons. The maximum Gasteiger partial charge on any atom is 0.185 e. The van der Waals surface area contributed by atoms with Gasteiger partial charge in [0, 0.05) is 37.6 Å². The van der Waals surface area contributed by atoms with E-state index < -0.39 is 0 Å². The minimum absolute atomic E-state index is 0.620. The van der Waals surface area contributed by atoms with E-state index in [0.717, 1.165) is 37.7 Å². The molecule has 1 saturated heterocycles. The fourth-order valence-corrected chi connectivity index (χ4v) is 3.02. The maximum absolute atomic E-state index is 5.73. The second kappa shape index (κ2) is 5.12. The van der Waals surface area contributed by atoms with Gasteiger partial charge in [-0.25, -0.2) is 4.98 Å². The number of piperazine rings is 1. The van der Waals surface area contributed by atoms with Gasteiger partial charge in [-0.3, -0.25) is 0 Å². The molecule has 0 amide bonds. The molecule has 0 unspecified atom stereocenters. The first-order valence-electron chi connectivity index (χ1n) is 5.86. The Morgan fingerprint density at radius 3 is 2.50 bits per heavy atom. The Morgan fingerprint density at radius 1 is 1.31 bits per heavy atom. The number of hydrogen-bond acceptors (Lipinski definition) is 5. The zero-order valence-corrected chi connectivity index (χ0v) is 10.9. The third-order valence-corrected chi connectivity index (χ3v) is 4.24. The Bertz CT molecular complexity index is 320. The summed E-state index contributed by atoms with van der Waals surface area (Å²) in [5.41, 5.74) is 6.92. The zero-order chi connectivity index (χ0) is 11.5. The van der Waals surface area contributed by atoms with Crippen molar-refractivity contribution in [3.63, 3.8) is 0 Å². The van der Waals surface area contributed by atoms with E-state index in [1.54, 1.807) is 11.3 Å². The number of aromatic nitrogens is 1. The van der Waals surface area contributed by atoms with E-state index in [2.05, 4.69) is 23.8 Å². The van der Waals surface area contributed by atoms with Gasteiger partial charge in [-0.2, -0.15) is 0 Å². The van der Waals surface area contributed by atoms with E-state index in [9.17, 15) is 0 Å². The summed E-state index contributed by atoms with van der Waals surface area (Å²) in [7, 11) is 2.17. The quantitative estimate of drug-likeness (QED) is 0.853. The third-order valence-electron chi connectivity index (χ3n) is 3.06. The second-order valence-electron chi connectivity index (χ2n) is 4.21. The maximum atomic E-state index is 5.73. The predicted octanol–water partition coefficient (Wildman–Crippen LogP) is 0.916. The molecule has 1 aromatic heterocycles. The van der Waals surface area contributed by atoms with E-state index in [4.69, 9.17) is 10.7 Å². The number of thiazole rings is 1. The van der Waals surface area contributed by atoms with Gasteiger partial charge in [0.2, 0.25) is 0 Å². The average Bonchev–Trinajstić information content (AvgIpc) is 2.73. The van der Waals surface area contributed by atoms with Gasteiger partial charge in [-0.05, 0) is 13.5 Å². The van der Waals surface area contributed by atoms with Crippen LogP contribution in [0, 0.1) is 0 Å². The lowest BCUT2D eigenvalue weighted by molar-refractivity contribution is 0.312. The zero-order valence-electron chi connectivity index (χ0n) is 10.1. The molecule has 5 heteroatoms. The van der Waals surface area contributed by atoms with Crippen LogP contribution in [0.25, 0.3) is 0 Å². The molecule has 1 aliphatic rings. The lowest BCUT2D eigenvalue weighted by Gasteiger charge is -2.32. The summed E-state index contributed by atoms with van der Waals surface area (Å²) < 4.78 is 0. The average molecular weight is 240 g/mol. The summed E-state index contributed by atoms with van der Waals surface area (Å²) >= 11 is 1.76. The highest BCUT2D eigenvalue weighted by molar-refractivity contribution is 7.15. The molecule has 2 rings (SSSR count). The van der Waals surface area contributed by atoms with Gasteiger partial charge in [0.1, 0.15) is 0 Å². The van der Waals surface area contributed by atoms with E-state index in [1.807, 2.05) is 0 Å². The van der Waals surface area contributed by atoms with Crippen LogP contribution in [0.1, 0.15) is 17.5 Å². The van der Waals surface area contributed by atoms with Crippen molar-refractivity contribution in [3.8, 4) is 0 Å². The molecule has 2 heterocycles. The lowest BCUT2D eigenvalue weighted by atomic mass is 10.3. The normalized spacial score (nSPS) is 18.1. The van der Waals surface area contributed by atoms with Crippen LogP contribution in [0.5, 0.6) is 0 Å². The van der Waals surface area contributed by atoms with Crippen LogP contribution in [0.3, 0.4) is 0 Å². The lowest BCUT2D eigenvalue weighted by Crippen LogP contribution is -2.44. The van der Waals surface area contributed by atoms with Crippen LogP contribution in [-0.2, 0) is 13.0 Å². The minimum Gasteiger partial charge on any atom is -0.346 e. The first kappa shape index (κ1) is 11.8. The number of aryl methyl sites for hydroxylation is 1. The highest BCUT2D eigenvalue weighted by Crippen LogP contribution is 2.27. The van der Waals surface area contributed by atoms with Crippen molar-refractivity contribution in [2.45, 2.75) is 19.9 Å².